The number of nitrogens with one attached hydrogen (secondary N) is 2. The molecule has 0 aliphatic carbocycles. The summed E-state index contributed by atoms with van der Waals surface area (Å²) in [6, 6.07) is 8.41. The molecule has 23 heavy (non-hydrogen) atoms. The van der Waals surface area contributed by atoms with Crippen LogP contribution in [0.1, 0.15) is 33.6 Å². The van der Waals surface area contributed by atoms with Crippen molar-refractivity contribution in [1.82, 2.24) is 10.6 Å². The molecule has 132 valence electrons. The molecule has 0 fully saturated rings. The third-order valence-corrected chi connectivity index (χ3v) is 5.03. The molecular weight excluding hydrogens is 425 g/mol. The highest BCUT2D eigenvalue weighted by molar-refractivity contribution is 14.0. The van der Waals surface area contributed by atoms with Crippen molar-refractivity contribution < 1.29 is 8.42 Å². The van der Waals surface area contributed by atoms with E-state index in [-0.39, 0.29) is 35.8 Å². The van der Waals surface area contributed by atoms with Crippen molar-refractivity contribution in [3.05, 3.63) is 30.3 Å². The summed E-state index contributed by atoms with van der Waals surface area (Å²) in [6.45, 7) is 7.49. The van der Waals surface area contributed by atoms with Gasteiger partial charge >= 0.3 is 0 Å². The van der Waals surface area contributed by atoms with Crippen molar-refractivity contribution in [2.75, 3.05) is 18.8 Å². The van der Waals surface area contributed by atoms with Crippen LogP contribution < -0.4 is 10.6 Å². The Labute approximate surface area is 157 Å². The maximum atomic E-state index is 12.5. The summed E-state index contributed by atoms with van der Waals surface area (Å²) in [6.07, 6.45) is 1.66. The van der Waals surface area contributed by atoms with Crippen LogP contribution in [-0.2, 0) is 9.84 Å². The summed E-state index contributed by atoms with van der Waals surface area (Å²) < 4.78 is 24.9. The number of nitrogens with zero attached hydrogens (tertiary/aromatic N) is 1. The van der Waals surface area contributed by atoms with Crippen LogP contribution in [0, 0.1) is 0 Å². The van der Waals surface area contributed by atoms with Crippen molar-refractivity contribution in [2.24, 2.45) is 4.99 Å². The van der Waals surface area contributed by atoms with Crippen molar-refractivity contribution in [3.63, 3.8) is 0 Å². The van der Waals surface area contributed by atoms with E-state index in [0.717, 1.165) is 19.5 Å². The standard InChI is InChI=1S/C16H27N3O2S.HI/c1-4-12-18-16(17-6-3)19-14(5-2)13-22(20,21)15-10-8-7-9-11-15;/h7-11,14H,4-6,12-13H2,1-3H3,(H2,17,18,19);1H. The number of hydrogen-bond acceptors (Lipinski definition) is 3. The van der Waals surface area contributed by atoms with Crippen LogP contribution in [0.15, 0.2) is 40.2 Å². The van der Waals surface area contributed by atoms with E-state index in [2.05, 4.69) is 22.5 Å². The topological polar surface area (TPSA) is 70.6 Å². The molecule has 1 rings (SSSR count). The van der Waals surface area contributed by atoms with E-state index in [1.54, 1.807) is 24.3 Å². The van der Waals surface area contributed by atoms with E-state index in [1.807, 2.05) is 19.9 Å². The molecule has 0 radical (unpaired) electrons. The molecule has 7 heteroatoms. The summed E-state index contributed by atoms with van der Waals surface area (Å²) >= 11 is 0. The normalized spacial score (nSPS) is 13.1. The van der Waals surface area contributed by atoms with Gasteiger partial charge < -0.3 is 10.6 Å². The van der Waals surface area contributed by atoms with E-state index in [9.17, 15) is 8.42 Å². The second-order valence-corrected chi connectivity index (χ2v) is 7.14. The zero-order valence-electron chi connectivity index (χ0n) is 14.1. The lowest BCUT2D eigenvalue weighted by atomic mass is 10.3. The number of aliphatic imine (C=N–C) groups is 1. The minimum absolute atomic E-state index is 0. The molecule has 5 nitrogen and oxygen atoms in total. The number of rotatable bonds is 8. The van der Waals surface area contributed by atoms with Gasteiger partial charge in [0.2, 0.25) is 0 Å². The highest BCUT2D eigenvalue weighted by Crippen LogP contribution is 2.12. The third kappa shape index (κ3) is 8.01. The minimum atomic E-state index is -3.30. The van der Waals surface area contributed by atoms with Crippen molar-refractivity contribution in [3.8, 4) is 0 Å². The van der Waals surface area contributed by atoms with Crippen LogP contribution in [-0.4, -0.2) is 39.3 Å². The number of benzene rings is 1. The fraction of sp³-hybridized carbons (Fsp3) is 0.562. The summed E-state index contributed by atoms with van der Waals surface area (Å²) in [5.74, 6) is 0.740. The first-order valence-corrected chi connectivity index (χ1v) is 9.51. The maximum Gasteiger partial charge on any atom is 0.191 e. The Morgan fingerprint density at radius 3 is 2.35 bits per heavy atom. The lowest BCUT2D eigenvalue weighted by Gasteiger charge is -2.20. The zero-order valence-corrected chi connectivity index (χ0v) is 17.2. The number of guanidine groups is 1. The molecule has 0 aliphatic rings. The minimum Gasteiger partial charge on any atom is -0.357 e. The first kappa shape index (κ1) is 22.2. The highest BCUT2D eigenvalue weighted by atomic mass is 127. The Hall–Kier alpha value is -0.830. The van der Waals surface area contributed by atoms with E-state index >= 15 is 0 Å². The molecule has 1 aromatic carbocycles. The summed E-state index contributed by atoms with van der Waals surface area (Å²) in [5.41, 5.74) is 0. The van der Waals surface area contributed by atoms with Gasteiger partial charge in [-0.3, -0.25) is 4.99 Å². The number of sulfone groups is 1. The predicted molar refractivity (Wildman–Crippen MR) is 107 cm³/mol. The van der Waals surface area contributed by atoms with E-state index < -0.39 is 9.84 Å². The van der Waals surface area contributed by atoms with Crippen molar-refractivity contribution in [2.45, 2.75) is 44.6 Å². The van der Waals surface area contributed by atoms with Gasteiger partial charge in [0.25, 0.3) is 0 Å². The first-order chi connectivity index (χ1) is 10.5. The fourth-order valence-corrected chi connectivity index (χ4v) is 3.60. The zero-order chi connectivity index (χ0) is 16.4. The average molecular weight is 453 g/mol. The SMILES string of the molecule is CCCN=C(NCC)NC(CC)CS(=O)(=O)c1ccccc1.I. The third-order valence-electron chi connectivity index (χ3n) is 3.19. The molecule has 0 saturated carbocycles. The second-order valence-electron chi connectivity index (χ2n) is 5.10. The second kappa shape index (κ2) is 11.7. The molecule has 1 atom stereocenters. The van der Waals surface area contributed by atoms with Gasteiger partial charge in [0.15, 0.2) is 15.8 Å². The van der Waals surface area contributed by atoms with Crippen LogP contribution in [0.3, 0.4) is 0 Å². The van der Waals surface area contributed by atoms with E-state index in [1.165, 1.54) is 0 Å². The van der Waals surface area contributed by atoms with Gasteiger partial charge in [-0.2, -0.15) is 0 Å². The molecule has 0 amide bonds. The summed E-state index contributed by atoms with van der Waals surface area (Å²) in [7, 11) is -3.30. The predicted octanol–water partition coefficient (Wildman–Crippen LogP) is 2.82. The van der Waals surface area contributed by atoms with Crippen molar-refractivity contribution in [1.29, 1.82) is 0 Å². The molecule has 0 aromatic heterocycles. The highest BCUT2D eigenvalue weighted by Gasteiger charge is 2.20. The van der Waals surface area contributed by atoms with E-state index in [4.69, 9.17) is 0 Å². The maximum absolute atomic E-state index is 12.5. The molecule has 0 bridgehead atoms. The summed E-state index contributed by atoms with van der Waals surface area (Å²) in [4.78, 5) is 4.79. The monoisotopic (exact) mass is 453 g/mol. The van der Waals surface area contributed by atoms with E-state index in [0.29, 0.717) is 17.3 Å². The Kier molecular flexibility index (Phi) is 11.2. The van der Waals surface area contributed by atoms with Crippen LogP contribution in [0.25, 0.3) is 0 Å². The lowest BCUT2D eigenvalue weighted by Crippen LogP contribution is -2.46. The Morgan fingerprint density at radius 1 is 1.17 bits per heavy atom. The summed E-state index contributed by atoms with van der Waals surface area (Å²) in [5, 5.41) is 6.38. The fourth-order valence-electron chi connectivity index (χ4n) is 1.99. The Balaban J connectivity index is 0.00000484. The van der Waals surface area contributed by atoms with Crippen LogP contribution in [0.2, 0.25) is 0 Å². The van der Waals surface area contributed by atoms with Gasteiger partial charge in [0.1, 0.15) is 0 Å². The van der Waals surface area contributed by atoms with Crippen LogP contribution in [0.5, 0.6) is 0 Å². The largest absolute Gasteiger partial charge is 0.357 e. The van der Waals surface area contributed by atoms with Gasteiger partial charge in [-0.1, -0.05) is 32.0 Å². The molecule has 0 spiro atoms. The molecule has 0 saturated heterocycles. The Bertz CT molecular complexity index is 562. The Morgan fingerprint density at radius 2 is 1.83 bits per heavy atom. The molecular formula is C16H28IN3O2S. The lowest BCUT2D eigenvalue weighted by molar-refractivity contribution is 0.569. The van der Waals surface area contributed by atoms with Crippen LogP contribution >= 0.6 is 24.0 Å². The molecule has 2 N–H and O–H groups in total. The van der Waals surface area contributed by atoms with Crippen LogP contribution in [0.4, 0.5) is 0 Å². The molecule has 0 aliphatic heterocycles. The van der Waals surface area contributed by atoms with Crippen molar-refractivity contribution >= 4 is 39.8 Å². The molecule has 1 unspecified atom stereocenters. The smallest absolute Gasteiger partial charge is 0.191 e. The first-order valence-electron chi connectivity index (χ1n) is 7.86. The van der Waals surface area contributed by atoms with Gasteiger partial charge in [0, 0.05) is 19.1 Å². The quantitative estimate of drug-likeness (QED) is 0.361. The van der Waals surface area contributed by atoms with Gasteiger partial charge in [0.05, 0.1) is 10.6 Å². The number of halogens is 1. The van der Waals surface area contributed by atoms with Gasteiger partial charge in [-0.05, 0) is 31.9 Å². The average Bonchev–Trinajstić information content (AvgIpc) is 2.52. The number of hydrogen-bond donors (Lipinski definition) is 2. The van der Waals surface area contributed by atoms with Gasteiger partial charge in [-0.25, -0.2) is 8.42 Å². The molecule has 1 aromatic rings. The molecule has 0 heterocycles. The van der Waals surface area contributed by atoms with Gasteiger partial charge in [-0.15, -0.1) is 24.0 Å².